The second-order valence-corrected chi connectivity index (χ2v) is 8.07. The average Bonchev–Trinajstić information content (AvgIpc) is 3.66. The number of fused-ring (bicyclic) bond motifs is 1. The molecule has 0 radical (unpaired) electrons. The summed E-state index contributed by atoms with van der Waals surface area (Å²) in [6.07, 6.45) is 8.61. The molecular weight excluding hydrogens is 442 g/mol. The van der Waals surface area contributed by atoms with Gasteiger partial charge in [-0.25, -0.2) is 9.97 Å². The SMILES string of the molecule is O=C(Cc1cnoc1)c1cc2ccc(-c3nccc(Nc4ccc(-c5cn[nH]c5)cc4)n3)cc2[nH]1. The molecule has 170 valence electrons. The number of H-pyrrole nitrogens is 2. The van der Waals surface area contributed by atoms with Gasteiger partial charge in [-0.15, -0.1) is 0 Å². The van der Waals surface area contributed by atoms with Crippen molar-refractivity contribution in [1.82, 2.24) is 30.3 Å². The van der Waals surface area contributed by atoms with Crippen molar-refractivity contribution in [2.45, 2.75) is 6.42 Å². The first-order valence-corrected chi connectivity index (χ1v) is 11.0. The number of benzene rings is 2. The summed E-state index contributed by atoms with van der Waals surface area (Å²) >= 11 is 0. The van der Waals surface area contributed by atoms with E-state index in [-0.39, 0.29) is 12.2 Å². The molecule has 9 nitrogen and oxygen atoms in total. The molecule has 0 bridgehead atoms. The maximum atomic E-state index is 12.6. The zero-order valence-corrected chi connectivity index (χ0v) is 18.4. The van der Waals surface area contributed by atoms with Crippen LogP contribution in [0.3, 0.4) is 0 Å². The van der Waals surface area contributed by atoms with Gasteiger partial charge in [0.05, 0.1) is 18.1 Å². The minimum atomic E-state index is -0.0350. The maximum Gasteiger partial charge on any atom is 0.183 e. The van der Waals surface area contributed by atoms with Crippen molar-refractivity contribution in [3.8, 4) is 22.5 Å². The fourth-order valence-corrected chi connectivity index (χ4v) is 3.88. The van der Waals surface area contributed by atoms with Crippen molar-refractivity contribution in [1.29, 1.82) is 0 Å². The third-order valence-corrected chi connectivity index (χ3v) is 5.67. The second kappa shape index (κ2) is 8.71. The van der Waals surface area contributed by atoms with Crippen LogP contribution in [0.4, 0.5) is 11.5 Å². The number of ketones is 1. The molecule has 0 unspecified atom stereocenters. The predicted molar refractivity (Wildman–Crippen MR) is 131 cm³/mol. The number of aromatic nitrogens is 6. The quantitative estimate of drug-likeness (QED) is 0.280. The first-order valence-electron chi connectivity index (χ1n) is 11.0. The molecule has 0 aliphatic heterocycles. The van der Waals surface area contributed by atoms with Crippen molar-refractivity contribution < 1.29 is 9.32 Å². The van der Waals surface area contributed by atoms with Crippen LogP contribution in [0.15, 0.2) is 90.2 Å². The second-order valence-electron chi connectivity index (χ2n) is 8.07. The molecular formula is C26H19N7O2. The Bertz CT molecular complexity index is 1600. The summed E-state index contributed by atoms with van der Waals surface area (Å²) in [5, 5.41) is 14.7. The van der Waals surface area contributed by atoms with Crippen LogP contribution in [0.5, 0.6) is 0 Å². The Labute approximate surface area is 199 Å². The molecule has 0 aliphatic rings. The first kappa shape index (κ1) is 20.5. The number of aromatic amines is 2. The molecule has 0 saturated carbocycles. The molecule has 3 N–H and O–H groups in total. The molecule has 9 heteroatoms. The third-order valence-electron chi connectivity index (χ3n) is 5.67. The van der Waals surface area contributed by atoms with Crippen molar-refractivity contribution in [2.24, 2.45) is 0 Å². The van der Waals surface area contributed by atoms with Gasteiger partial charge in [0.25, 0.3) is 0 Å². The molecule has 0 aliphatic carbocycles. The highest BCUT2D eigenvalue weighted by Crippen LogP contribution is 2.25. The number of Topliss-reactive ketones (excluding diaryl/α,β-unsaturated/α-hetero) is 1. The monoisotopic (exact) mass is 461 g/mol. The van der Waals surface area contributed by atoms with Gasteiger partial charge in [-0.3, -0.25) is 9.89 Å². The molecule has 2 aromatic carbocycles. The van der Waals surface area contributed by atoms with E-state index < -0.39 is 0 Å². The predicted octanol–water partition coefficient (Wildman–Crippen LogP) is 5.17. The fraction of sp³-hybridized carbons (Fsp3) is 0.0385. The Balaban J connectivity index is 1.21. The number of carbonyl (C=O) groups excluding carboxylic acids is 1. The van der Waals surface area contributed by atoms with E-state index in [2.05, 4.69) is 35.6 Å². The summed E-state index contributed by atoms with van der Waals surface area (Å²) in [6, 6.07) is 17.6. The van der Waals surface area contributed by atoms with Gasteiger partial charge in [-0.2, -0.15) is 5.10 Å². The summed E-state index contributed by atoms with van der Waals surface area (Å²) in [7, 11) is 0. The van der Waals surface area contributed by atoms with Crippen LogP contribution < -0.4 is 5.32 Å². The zero-order valence-electron chi connectivity index (χ0n) is 18.4. The van der Waals surface area contributed by atoms with Crippen molar-refractivity contribution in [3.63, 3.8) is 0 Å². The highest BCUT2D eigenvalue weighted by Gasteiger charge is 2.13. The van der Waals surface area contributed by atoms with Gasteiger partial charge in [0, 0.05) is 52.1 Å². The number of rotatable bonds is 7. The molecule has 4 aromatic heterocycles. The van der Waals surface area contributed by atoms with Gasteiger partial charge in [0.2, 0.25) is 0 Å². The van der Waals surface area contributed by atoms with Gasteiger partial charge in [0.15, 0.2) is 11.6 Å². The van der Waals surface area contributed by atoms with E-state index in [4.69, 9.17) is 4.52 Å². The largest absolute Gasteiger partial charge is 0.364 e. The molecule has 6 aromatic rings. The van der Waals surface area contributed by atoms with Crippen LogP contribution in [0, 0.1) is 0 Å². The summed E-state index contributed by atoms with van der Waals surface area (Å²) in [5.74, 6) is 1.23. The topological polar surface area (TPSA) is 125 Å². The van der Waals surface area contributed by atoms with Crippen LogP contribution in [-0.4, -0.2) is 36.1 Å². The fourth-order valence-electron chi connectivity index (χ4n) is 3.88. The first-order chi connectivity index (χ1) is 17.2. The zero-order chi connectivity index (χ0) is 23.6. The van der Waals surface area contributed by atoms with E-state index in [9.17, 15) is 4.79 Å². The molecule has 0 saturated heterocycles. The molecule has 4 heterocycles. The lowest BCUT2D eigenvalue weighted by Gasteiger charge is -2.08. The average molecular weight is 461 g/mol. The summed E-state index contributed by atoms with van der Waals surface area (Å²) < 4.78 is 4.81. The number of carbonyl (C=O) groups is 1. The van der Waals surface area contributed by atoms with Gasteiger partial charge in [0.1, 0.15) is 12.1 Å². The Kier molecular flexibility index (Phi) is 5.12. The Morgan fingerprint density at radius 2 is 1.86 bits per heavy atom. The lowest BCUT2D eigenvalue weighted by atomic mass is 10.1. The van der Waals surface area contributed by atoms with Crippen LogP contribution in [0.2, 0.25) is 0 Å². The van der Waals surface area contributed by atoms with Gasteiger partial charge >= 0.3 is 0 Å². The molecule has 6 rings (SSSR count). The van der Waals surface area contributed by atoms with E-state index in [1.807, 2.05) is 60.8 Å². The van der Waals surface area contributed by atoms with Crippen LogP contribution >= 0.6 is 0 Å². The molecule has 0 spiro atoms. The van der Waals surface area contributed by atoms with E-state index >= 15 is 0 Å². The molecule has 0 atom stereocenters. The van der Waals surface area contributed by atoms with Gasteiger partial charge in [-0.1, -0.05) is 29.4 Å². The Morgan fingerprint density at radius 1 is 0.971 bits per heavy atom. The standard InChI is InChI=1S/C26H19N7O2/c34-24(9-16-12-30-35-15-16)23-10-18-1-2-19(11-22(18)32-23)26-27-8-7-25(33-26)31-21-5-3-17(4-6-21)20-13-28-29-14-20/h1-8,10-15,32H,9H2,(H,28,29)(H,27,31,33). The van der Waals surface area contributed by atoms with Crippen molar-refractivity contribution in [3.05, 3.63) is 96.9 Å². The van der Waals surface area contributed by atoms with Crippen LogP contribution in [0.25, 0.3) is 33.4 Å². The van der Waals surface area contributed by atoms with E-state index in [1.165, 1.54) is 6.26 Å². The molecule has 0 fully saturated rings. The lowest BCUT2D eigenvalue weighted by Crippen LogP contribution is -2.02. The summed E-state index contributed by atoms with van der Waals surface area (Å²) in [4.78, 5) is 24.9. The van der Waals surface area contributed by atoms with Crippen LogP contribution in [-0.2, 0) is 6.42 Å². The van der Waals surface area contributed by atoms with Crippen molar-refractivity contribution in [2.75, 3.05) is 5.32 Å². The number of hydrogen-bond donors (Lipinski definition) is 3. The maximum absolute atomic E-state index is 12.6. The van der Waals surface area contributed by atoms with E-state index in [1.54, 1.807) is 18.6 Å². The molecule has 0 amide bonds. The third kappa shape index (κ3) is 4.30. The number of hydrogen-bond acceptors (Lipinski definition) is 7. The summed E-state index contributed by atoms with van der Waals surface area (Å²) in [6.45, 7) is 0. The van der Waals surface area contributed by atoms with E-state index in [0.717, 1.165) is 38.8 Å². The van der Waals surface area contributed by atoms with Gasteiger partial charge in [-0.05, 0) is 35.9 Å². The minimum absolute atomic E-state index is 0.0350. The highest BCUT2D eigenvalue weighted by molar-refractivity contribution is 6.01. The van der Waals surface area contributed by atoms with Gasteiger partial charge < -0.3 is 14.8 Å². The van der Waals surface area contributed by atoms with Crippen LogP contribution in [0.1, 0.15) is 16.1 Å². The summed E-state index contributed by atoms with van der Waals surface area (Å²) in [5.41, 5.74) is 5.98. The molecule has 35 heavy (non-hydrogen) atoms. The highest BCUT2D eigenvalue weighted by atomic mass is 16.5. The Hall–Kier alpha value is -5.05. The smallest absolute Gasteiger partial charge is 0.183 e. The lowest BCUT2D eigenvalue weighted by molar-refractivity contribution is 0.0989. The number of anilines is 2. The Morgan fingerprint density at radius 3 is 2.66 bits per heavy atom. The normalized spacial score (nSPS) is 11.1. The van der Waals surface area contributed by atoms with Crippen molar-refractivity contribution >= 4 is 28.2 Å². The number of nitrogens with zero attached hydrogens (tertiary/aromatic N) is 4. The minimum Gasteiger partial charge on any atom is -0.364 e. The number of nitrogens with one attached hydrogen (secondary N) is 3. The van der Waals surface area contributed by atoms with E-state index in [0.29, 0.717) is 17.3 Å².